The van der Waals surface area contributed by atoms with Gasteiger partial charge >= 0.3 is 0 Å². The number of carbonyl (C=O) groups is 1. The number of halogens is 1. The topological polar surface area (TPSA) is 115 Å². The zero-order valence-electron chi connectivity index (χ0n) is 26.1. The molecule has 2 aromatic heterocycles. The number of anilines is 1. The minimum absolute atomic E-state index is 0.00481. The Bertz CT molecular complexity index is 1950. The summed E-state index contributed by atoms with van der Waals surface area (Å²) in [5.74, 6) is 0.840. The monoisotopic (exact) mass is 635 g/mol. The molecule has 47 heavy (non-hydrogen) atoms. The first-order chi connectivity index (χ1) is 22.8. The predicted molar refractivity (Wildman–Crippen MR) is 177 cm³/mol. The van der Waals surface area contributed by atoms with Crippen LogP contribution in [0.25, 0.3) is 33.4 Å². The maximum absolute atomic E-state index is 13.7. The second-order valence-electron chi connectivity index (χ2n) is 11.2. The van der Waals surface area contributed by atoms with Crippen LogP contribution >= 0.6 is 0 Å². The molecule has 3 aromatic carbocycles. The van der Waals surface area contributed by atoms with Crippen LogP contribution in [0.3, 0.4) is 0 Å². The van der Waals surface area contributed by atoms with E-state index in [2.05, 4.69) is 4.98 Å². The van der Waals surface area contributed by atoms with Crippen molar-refractivity contribution in [3.8, 4) is 44.9 Å². The van der Waals surface area contributed by atoms with E-state index in [0.717, 1.165) is 27.8 Å². The largest absolute Gasteiger partial charge is 0.493 e. The van der Waals surface area contributed by atoms with Crippen LogP contribution in [0.2, 0.25) is 0 Å². The van der Waals surface area contributed by atoms with Gasteiger partial charge in [-0.05, 0) is 52.6 Å². The lowest BCUT2D eigenvalue weighted by molar-refractivity contribution is -0.0936. The normalized spacial score (nSPS) is 14.5. The molecule has 0 spiro atoms. The predicted octanol–water partition coefficient (Wildman–Crippen LogP) is 5.82. The van der Waals surface area contributed by atoms with Crippen molar-refractivity contribution in [1.82, 2.24) is 9.55 Å². The minimum Gasteiger partial charge on any atom is -0.493 e. The highest BCUT2D eigenvalue weighted by molar-refractivity contribution is 5.98. The number of carbonyl (C=O) groups excluding carboxylic acids is 1. The SMILES string of the molecule is COc1ccc(-c2cnc(N)c(-c3ccc(CC(=O)c4cn(C[C@H]5COCCO5)cc(-c5ccc(F)cc5)c4=O)cc3)c2)cc1OC. The van der Waals surface area contributed by atoms with Crippen molar-refractivity contribution in [3.63, 3.8) is 0 Å². The fourth-order valence-electron chi connectivity index (χ4n) is 5.61. The third-order valence-electron chi connectivity index (χ3n) is 8.10. The van der Waals surface area contributed by atoms with Crippen molar-refractivity contribution in [2.45, 2.75) is 19.1 Å². The number of hydrogen-bond acceptors (Lipinski definition) is 8. The van der Waals surface area contributed by atoms with E-state index < -0.39 is 11.2 Å². The molecule has 0 amide bonds. The van der Waals surface area contributed by atoms with Crippen molar-refractivity contribution in [2.75, 3.05) is 39.8 Å². The third-order valence-corrected chi connectivity index (χ3v) is 8.10. The van der Waals surface area contributed by atoms with E-state index in [1.165, 1.54) is 24.3 Å². The number of nitrogen functional groups attached to an aromatic ring is 1. The average molecular weight is 636 g/mol. The number of ketones is 1. The lowest BCUT2D eigenvalue weighted by atomic mass is 9.97. The molecule has 6 rings (SSSR count). The van der Waals surface area contributed by atoms with Gasteiger partial charge in [0, 0.05) is 41.7 Å². The molecule has 1 saturated heterocycles. The van der Waals surface area contributed by atoms with Crippen molar-refractivity contribution in [1.29, 1.82) is 0 Å². The third kappa shape index (κ3) is 7.09. The highest BCUT2D eigenvalue weighted by atomic mass is 19.1. The van der Waals surface area contributed by atoms with Crippen molar-refractivity contribution >= 4 is 11.6 Å². The van der Waals surface area contributed by atoms with Crippen LogP contribution in [0, 0.1) is 5.82 Å². The van der Waals surface area contributed by atoms with Gasteiger partial charge in [-0.25, -0.2) is 9.37 Å². The number of hydrogen-bond donors (Lipinski definition) is 1. The summed E-state index contributed by atoms with van der Waals surface area (Å²) in [7, 11) is 3.17. The van der Waals surface area contributed by atoms with E-state index in [-0.39, 0.29) is 23.9 Å². The van der Waals surface area contributed by atoms with E-state index in [1.54, 1.807) is 37.4 Å². The molecular formula is C37H34FN3O6. The fraction of sp³-hybridized carbons (Fsp3) is 0.216. The summed E-state index contributed by atoms with van der Waals surface area (Å²) in [6, 6.07) is 20.7. The first-order valence-corrected chi connectivity index (χ1v) is 15.1. The Morgan fingerprint density at radius 2 is 1.60 bits per heavy atom. The van der Waals surface area contributed by atoms with Gasteiger partial charge in [-0.15, -0.1) is 0 Å². The zero-order valence-corrected chi connectivity index (χ0v) is 26.1. The van der Waals surface area contributed by atoms with E-state index in [0.29, 0.717) is 54.8 Å². The highest BCUT2D eigenvalue weighted by Gasteiger charge is 2.20. The molecular weight excluding hydrogens is 601 g/mol. The van der Waals surface area contributed by atoms with Gasteiger partial charge in [0.1, 0.15) is 11.6 Å². The molecule has 1 atom stereocenters. The van der Waals surface area contributed by atoms with Crippen LogP contribution in [0.4, 0.5) is 10.2 Å². The average Bonchev–Trinajstić information content (AvgIpc) is 3.10. The molecule has 1 aliphatic rings. The lowest BCUT2D eigenvalue weighted by Crippen LogP contribution is -2.33. The summed E-state index contributed by atoms with van der Waals surface area (Å²) in [5.41, 5.74) is 10.7. The zero-order chi connectivity index (χ0) is 32.9. The summed E-state index contributed by atoms with van der Waals surface area (Å²) >= 11 is 0. The highest BCUT2D eigenvalue weighted by Crippen LogP contribution is 2.35. The summed E-state index contributed by atoms with van der Waals surface area (Å²) in [6.07, 6.45) is 4.72. The van der Waals surface area contributed by atoms with Gasteiger partial charge in [-0.2, -0.15) is 0 Å². The molecule has 0 radical (unpaired) electrons. The fourth-order valence-corrected chi connectivity index (χ4v) is 5.61. The number of nitrogens with two attached hydrogens (primary N) is 1. The molecule has 2 N–H and O–H groups in total. The number of nitrogens with zero attached hydrogens (tertiary/aromatic N) is 2. The van der Waals surface area contributed by atoms with Crippen LogP contribution in [-0.4, -0.2) is 55.5 Å². The van der Waals surface area contributed by atoms with Crippen LogP contribution < -0.4 is 20.6 Å². The minimum atomic E-state index is -0.416. The number of rotatable bonds is 10. The molecule has 9 nitrogen and oxygen atoms in total. The van der Waals surface area contributed by atoms with Gasteiger partial charge in [0.05, 0.1) is 52.3 Å². The standard InChI is InChI=1S/C37H34FN3O6/c1-44-34-12-9-26(17-35(34)45-2)27-16-30(37(39)40-18-27)24-5-3-23(4-6-24)15-33(42)32-21-41(19-29-22-46-13-14-47-29)20-31(36(32)43)25-7-10-28(38)11-8-25/h3-12,16-18,20-21,29H,13-15,19,22H2,1-2H3,(H2,39,40)/t29-/m0/s1. The summed E-state index contributed by atoms with van der Waals surface area (Å²) in [6.45, 7) is 1.79. The number of Topliss-reactive ketones (excluding diaryl/α,β-unsaturated/α-hetero) is 1. The second-order valence-corrected chi connectivity index (χ2v) is 11.2. The Morgan fingerprint density at radius 1 is 0.894 bits per heavy atom. The first kappa shape index (κ1) is 31.7. The van der Waals surface area contributed by atoms with Crippen LogP contribution in [0.5, 0.6) is 11.5 Å². The van der Waals surface area contributed by atoms with Gasteiger partial charge < -0.3 is 29.2 Å². The van der Waals surface area contributed by atoms with Gasteiger partial charge in [-0.1, -0.05) is 42.5 Å². The maximum atomic E-state index is 13.7. The number of aromatic nitrogens is 2. The van der Waals surface area contributed by atoms with Crippen molar-refractivity contribution in [3.05, 3.63) is 119 Å². The van der Waals surface area contributed by atoms with Crippen LogP contribution in [0.1, 0.15) is 15.9 Å². The van der Waals surface area contributed by atoms with Crippen molar-refractivity contribution in [2.24, 2.45) is 0 Å². The molecule has 3 heterocycles. The number of benzene rings is 3. The van der Waals surface area contributed by atoms with E-state index >= 15 is 0 Å². The molecule has 0 saturated carbocycles. The van der Waals surface area contributed by atoms with Gasteiger partial charge in [0.2, 0.25) is 0 Å². The number of pyridine rings is 2. The second kappa shape index (κ2) is 14.0. The molecule has 240 valence electrons. The first-order valence-electron chi connectivity index (χ1n) is 15.1. The Hall–Kier alpha value is -5.32. The number of methoxy groups -OCH3 is 2. The van der Waals surface area contributed by atoms with Gasteiger partial charge in [0.25, 0.3) is 0 Å². The molecule has 5 aromatic rings. The molecule has 10 heteroatoms. The summed E-state index contributed by atoms with van der Waals surface area (Å²) in [5, 5.41) is 0. The van der Waals surface area contributed by atoms with Gasteiger partial charge in [0.15, 0.2) is 22.7 Å². The maximum Gasteiger partial charge on any atom is 0.200 e. The Labute approximate surface area is 271 Å². The Kier molecular flexibility index (Phi) is 9.42. The summed E-state index contributed by atoms with van der Waals surface area (Å²) in [4.78, 5) is 31.7. The Balaban J connectivity index is 1.26. The van der Waals surface area contributed by atoms with E-state index in [4.69, 9.17) is 24.7 Å². The number of ether oxygens (including phenoxy) is 4. The molecule has 1 aliphatic heterocycles. The molecule has 0 aliphatic carbocycles. The lowest BCUT2D eigenvalue weighted by Gasteiger charge is -2.24. The van der Waals surface area contributed by atoms with Crippen LogP contribution in [-0.2, 0) is 22.4 Å². The molecule has 1 fully saturated rings. The molecule has 0 unspecified atom stereocenters. The van der Waals surface area contributed by atoms with Crippen molar-refractivity contribution < 1.29 is 28.1 Å². The van der Waals surface area contributed by atoms with Gasteiger partial charge in [-0.3, -0.25) is 9.59 Å². The quantitative estimate of drug-likeness (QED) is 0.191. The van der Waals surface area contributed by atoms with Crippen LogP contribution in [0.15, 0.2) is 96.2 Å². The summed E-state index contributed by atoms with van der Waals surface area (Å²) < 4.78 is 37.6. The smallest absolute Gasteiger partial charge is 0.200 e. The van der Waals surface area contributed by atoms with E-state index in [1.807, 2.05) is 48.5 Å². The Morgan fingerprint density at radius 3 is 2.30 bits per heavy atom. The molecule has 0 bridgehead atoms. The van der Waals surface area contributed by atoms with E-state index in [9.17, 15) is 14.0 Å².